The van der Waals surface area contributed by atoms with Crippen molar-refractivity contribution < 1.29 is 14.6 Å². The monoisotopic (exact) mass is 268 g/mol. The Balaban J connectivity index is 2.07. The van der Waals surface area contributed by atoms with Crippen molar-refractivity contribution in [3.63, 3.8) is 0 Å². The van der Waals surface area contributed by atoms with Crippen LogP contribution in [0.4, 0.5) is 0 Å². The number of halogens is 1. The number of ether oxygens (including phenoxy) is 1. The molecule has 1 heterocycles. The average Bonchev–Trinajstić information content (AvgIpc) is 2.74. The van der Waals surface area contributed by atoms with Crippen LogP contribution in [0.3, 0.4) is 0 Å². The van der Waals surface area contributed by atoms with Crippen molar-refractivity contribution in [2.45, 2.75) is 6.61 Å². The zero-order valence-electron chi connectivity index (χ0n) is 8.72. The first-order chi connectivity index (χ1) is 8.16. The number of hydrogen-bond acceptors (Lipinski definition) is 3. The first-order valence-electron chi connectivity index (χ1n) is 4.85. The molecule has 0 saturated carbocycles. The normalized spacial score (nSPS) is 10.2. The summed E-state index contributed by atoms with van der Waals surface area (Å²) < 4.78 is 5.45. The van der Waals surface area contributed by atoms with Gasteiger partial charge in [0.1, 0.15) is 12.4 Å². The van der Waals surface area contributed by atoms with Crippen molar-refractivity contribution in [3.8, 4) is 5.75 Å². The minimum Gasteiger partial charge on any atom is -0.487 e. The molecule has 2 aromatic rings. The van der Waals surface area contributed by atoms with Crippen molar-refractivity contribution in [2.75, 3.05) is 0 Å². The molecule has 0 saturated heterocycles. The Bertz CT molecular complexity index is 536. The zero-order valence-corrected chi connectivity index (χ0v) is 10.3. The van der Waals surface area contributed by atoms with Gasteiger partial charge < -0.3 is 9.84 Å². The highest BCUT2D eigenvalue weighted by atomic mass is 35.5. The van der Waals surface area contributed by atoms with Gasteiger partial charge >= 0.3 is 5.97 Å². The van der Waals surface area contributed by atoms with Gasteiger partial charge in [-0.1, -0.05) is 23.7 Å². The summed E-state index contributed by atoms with van der Waals surface area (Å²) >= 11 is 6.98. The summed E-state index contributed by atoms with van der Waals surface area (Å²) in [6, 6.07) is 8.91. The Morgan fingerprint density at radius 3 is 2.94 bits per heavy atom. The molecule has 0 amide bonds. The predicted octanol–water partition coefficient (Wildman–Crippen LogP) is 3.68. The van der Waals surface area contributed by atoms with Crippen molar-refractivity contribution in [1.82, 2.24) is 0 Å². The fourth-order valence-electron chi connectivity index (χ4n) is 1.35. The molecule has 0 radical (unpaired) electrons. The van der Waals surface area contributed by atoms with Crippen LogP contribution in [0.1, 0.15) is 15.2 Å². The molecule has 3 nitrogen and oxygen atoms in total. The molecule has 1 aromatic heterocycles. The van der Waals surface area contributed by atoms with Gasteiger partial charge in [0.25, 0.3) is 0 Å². The maximum Gasteiger partial charge on any atom is 0.349 e. The van der Waals surface area contributed by atoms with Crippen LogP contribution in [0.25, 0.3) is 0 Å². The Hall–Kier alpha value is -1.52. The molecule has 1 aromatic carbocycles. The summed E-state index contributed by atoms with van der Waals surface area (Å²) in [5.41, 5.74) is 0.903. The molecule has 0 spiro atoms. The van der Waals surface area contributed by atoms with Crippen LogP contribution in [0.15, 0.2) is 35.7 Å². The largest absolute Gasteiger partial charge is 0.487 e. The molecule has 0 fully saturated rings. The number of carboxylic acids is 1. The zero-order chi connectivity index (χ0) is 12.3. The van der Waals surface area contributed by atoms with E-state index in [0.717, 1.165) is 16.9 Å². The lowest BCUT2D eigenvalue weighted by Crippen LogP contribution is -1.99. The highest BCUT2D eigenvalue weighted by Crippen LogP contribution is 2.25. The van der Waals surface area contributed by atoms with E-state index in [2.05, 4.69) is 0 Å². The van der Waals surface area contributed by atoms with Gasteiger partial charge in [0.15, 0.2) is 4.88 Å². The van der Waals surface area contributed by atoms with E-state index in [0.29, 0.717) is 17.4 Å². The fraction of sp³-hybridized carbons (Fsp3) is 0.0833. The second-order valence-electron chi connectivity index (χ2n) is 3.34. The van der Waals surface area contributed by atoms with Gasteiger partial charge in [0.2, 0.25) is 0 Å². The minimum atomic E-state index is -0.971. The topological polar surface area (TPSA) is 46.5 Å². The van der Waals surface area contributed by atoms with Gasteiger partial charge in [-0.3, -0.25) is 0 Å². The number of benzene rings is 1. The molecular weight excluding hydrogens is 260 g/mol. The van der Waals surface area contributed by atoms with Gasteiger partial charge in [-0.2, -0.15) is 0 Å². The van der Waals surface area contributed by atoms with Crippen LogP contribution in [0.2, 0.25) is 5.02 Å². The van der Waals surface area contributed by atoms with E-state index < -0.39 is 5.97 Å². The van der Waals surface area contributed by atoms with Crippen LogP contribution in [-0.4, -0.2) is 11.1 Å². The van der Waals surface area contributed by atoms with Gasteiger partial charge in [0, 0.05) is 5.02 Å². The Labute approximate surface area is 107 Å². The third-order valence-electron chi connectivity index (χ3n) is 2.11. The molecule has 2 rings (SSSR count). The van der Waals surface area contributed by atoms with E-state index in [4.69, 9.17) is 21.4 Å². The van der Waals surface area contributed by atoms with Crippen molar-refractivity contribution in [2.24, 2.45) is 0 Å². The van der Waals surface area contributed by atoms with Crippen LogP contribution >= 0.6 is 22.9 Å². The number of rotatable bonds is 4. The third-order valence-corrected chi connectivity index (χ3v) is 3.23. The second-order valence-corrected chi connectivity index (χ2v) is 4.69. The summed E-state index contributed by atoms with van der Waals surface area (Å²) in [5.74, 6) is -0.580. The molecule has 88 valence electrons. The quantitative estimate of drug-likeness (QED) is 0.920. The van der Waals surface area contributed by atoms with Crippen LogP contribution in [0.5, 0.6) is 5.75 Å². The highest BCUT2D eigenvalue weighted by Gasteiger charge is 2.12. The number of carbonyl (C=O) groups is 1. The standard InChI is InChI=1S/C12H9ClO3S/c13-9-3-1-2-8(6-9)7-16-10-4-5-17-11(10)12(14)15/h1-6H,7H2,(H,14,15). The van der Waals surface area contributed by atoms with E-state index >= 15 is 0 Å². The third kappa shape index (κ3) is 2.99. The Kier molecular flexibility index (Phi) is 3.66. The molecule has 0 unspecified atom stereocenters. The average molecular weight is 269 g/mol. The van der Waals surface area contributed by atoms with E-state index in [1.54, 1.807) is 23.6 Å². The van der Waals surface area contributed by atoms with Crippen molar-refractivity contribution in [3.05, 3.63) is 51.2 Å². The molecule has 0 aliphatic rings. The van der Waals surface area contributed by atoms with Crippen molar-refractivity contribution in [1.29, 1.82) is 0 Å². The predicted molar refractivity (Wildman–Crippen MR) is 67.1 cm³/mol. The van der Waals surface area contributed by atoms with E-state index in [1.165, 1.54) is 0 Å². The highest BCUT2D eigenvalue weighted by molar-refractivity contribution is 7.12. The molecule has 5 heteroatoms. The lowest BCUT2D eigenvalue weighted by molar-refractivity contribution is 0.0697. The van der Waals surface area contributed by atoms with Gasteiger partial charge in [0.05, 0.1) is 0 Å². The van der Waals surface area contributed by atoms with Crippen LogP contribution in [0, 0.1) is 0 Å². The first kappa shape index (κ1) is 12.0. The maximum absolute atomic E-state index is 10.9. The summed E-state index contributed by atoms with van der Waals surface area (Å²) in [6.45, 7) is 0.303. The fourth-order valence-corrected chi connectivity index (χ4v) is 2.24. The number of aromatic carboxylic acids is 1. The summed E-state index contributed by atoms with van der Waals surface area (Å²) in [5, 5.41) is 11.2. The lowest BCUT2D eigenvalue weighted by atomic mass is 10.2. The molecule has 0 aliphatic carbocycles. The molecule has 1 N–H and O–H groups in total. The van der Waals surface area contributed by atoms with Crippen LogP contribution < -0.4 is 4.74 Å². The SMILES string of the molecule is O=C(O)c1sccc1OCc1cccc(Cl)c1. The minimum absolute atomic E-state index is 0.215. The van der Waals surface area contributed by atoms with E-state index in [-0.39, 0.29) is 4.88 Å². The van der Waals surface area contributed by atoms with Crippen LogP contribution in [-0.2, 0) is 6.61 Å². The second kappa shape index (κ2) is 5.21. The lowest BCUT2D eigenvalue weighted by Gasteiger charge is -2.05. The Morgan fingerprint density at radius 2 is 2.24 bits per heavy atom. The molecular formula is C12H9ClO3S. The molecule has 0 aliphatic heterocycles. The van der Waals surface area contributed by atoms with Gasteiger partial charge in [-0.15, -0.1) is 11.3 Å². The van der Waals surface area contributed by atoms with Gasteiger partial charge in [-0.25, -0.2) is 4.79 Å². The number of thiophene rings is 1. The summed E-state index contributed by atoms with van der Waals surface area (Å²) in [4.78, 5) is 11.1. The summed E-state index contributed by atoms with van der Waals surface area (Å²) in [7, 11) is 0. The number of carboxylic acid groups (broad SMARTS) is 1. The summed E-state index contributed by atoms with van der Waals surface area (Å²) in [6.07, 6.45) is 0. The molecule has 0 bridgehead atoms. The molecule has 17 heavy (non-hydrogen) atoms. The van der Waals surface area contributed by atoms with Gasteiger partial charge in [-0.05, 0) is 29.1 Å². The smallest absolute Gasteiger partial charge is 0.349 e. The van der Waals surface area contributed by atoms with Crippen molar-refractivity contribution >= 4 is 28.9 Å². The number of hydrogen-bond donors (Lipinski definition) is 1. The first-order valence-corrected chi connectivity index (χ1v) is 6.10. The van der Waals surface area contributed by atoms with E-state index in [1.807, 2.05) is 12.1 Å². The Morgan fingerprint density at radius 1 is 1.41 bits per heavy atom. The van der Waals surface area contributed by atoms with E-state index in [9.17, 15) is 4.79 Å². The molecule has 0 atom stereocenters. The maximum atomic E-state index is 10.9.